The van der Waals surface area contributed by atoms with Gasteiger partial charge in [-0.3, -0.25) is 14.6 Å². The molecule has 2 amide bonds. The summed E-state index contributed by atoms with van der Waals surface area (Å²) in [5.41, 5.74) is 2.39. The number of ether oxygens (including phenoxy) is 2. The number of halogens is 2. The van der Waals surface area contributed by atoms with E-state index in [1.165, 1.54) is 30.1 Å². The SMILES string of the molecule is C=CC(=O)Cc1ccccc1Nc1ncc2c(n1)N(C)C(=O)N(c1c(Cl)c(OC)cc(OC)c1Cl)C2. The first-order valence-corrected chi connectivity index (χ1v) is 11.6. The number of carbonyl (C=O) groups is 2. The Morgan fingerprint density at radius 1 is 1.19 bits per heavy atom. The number of urea groups is 1. The highest BCUT2D eigenvalue weighted by molar-refractivity contribution is 6.42. The van der Waals surface area contributed by atoms with Gasteiger partial charge in [0.25, 0.3) is 0 Å². The first-order valence-electron chi connectivity index (χ1n) is 10.8. The maximum absolute atomic E-state index is 13.4. The van der Waals surface area contributed by atoms with Crippen LogP contribution in [0.5, 0.6) is 11.5 Å². The van der Waals surface area contributed by atoms with Crippen LogP contribution < -0.4 is 24.6 Å². The van der Waals surface area contributed by atoms with Crippen LogP contribution in [0, 0.1) is 0 Å². The number of hydrogen-bond acceptors (Lipinski definition) is 7. The predicted molar refractivity (Wildman–Crippen MR) is 140 cm³/mol. The molecule has 0 saturated heterocycles. The van der Waals surface area contributed by atoms with E-state index in [9.17, 15) is 9.59 Å². The molecule has 1 aromatic heterocycles. The summed E-state index contributed by atoms with van der Waals surface area (Å²) in [7, 11) is 4.53. The fraction of sp³-hybridized carbons (Fsp3) is 0.200. The number of anilines is 4. The van der Waals surface area contributed by atoms with E-state index in [1.54, 1.807) is 19.3 Å². The van der Waals surface area contributed by atoms with Gasteiger partial charge >= 0.3 is 6.03 Å². The quantitative estimate of drug-likeness (QED) is 0.390. The van der Waals surface area contributed by atoms with Crippen molar-refractivity contribution in [3.05, 3.63) is 70.4 Å². The summed E-state index contributed by atoms with van der Waals surface area (Å²) in [5.74, 6) is 1.24. The van der Waals surface area contributed by atoms with Crippen LogP contribution in [0.25, 0.3) is 0 Å². The lowest BCUT2D eigenvalue weighted by atomic mass is 10.1. The van der Waals surface area contributed by atoms with Crippen LogP contribution >= 0.6 is 23.2 Å². The van der Waals surface area contributed by atoms with Crippen molar-refractivity contribution in [2.75, 3.05) is 36.4 Å². The Morgan fingerprint density at radius 3 is 2.50 bits per heavy atom. The van der Waals surface area contributed by atoms with Gasteiger partial charge in [0.1, 0.15) is 27.4 Å². The van der Waals surface area contributed by atoms with Gasteiger partial charge in [0.15, 0.2) is 5.78 Å². The van der Waals surface area contributed by atoms with Crippen LogP contribution in [0.4, 0.5) is 27.9 Å². The highest BCUT2D eigenvalue weighted by Crippen LogP contribution is 2.47. The van der Waals surface area contributed by atoms with E-state index in [0.717, 1.165) is 5.56 Å². The van der Waals surface area contributed by atoms with Crippen LogP contribution in [-0.4, -0.2) is 43.0 Å². The molecule has 0 saturated carbocycles. The zero-order valence-electron chi connectivity index (χ0n) is 19.8. The van der Waals surface area contributed by atoms with E-state index in [0.29, 0.717) is 28.6 Å². The Balaban J connectivity index is 1.68. The van der Waals surface area contributed by atoms with Gasteiger partial charge in [-0.15, -0.1) is 0 Å². The second-order valence-electron chi connectivity index (χ2n) is 7.86. The Bertz CT molecular complexity index is 1340. The van der Waals surface area contributed by atoms with Crippen molar-refractivity contribution >= 4 is 58.2 Å². The molecule has 1 N–H and O–H groups in total. The molecule has 1 aliphatic rings. The third-order valence-corrected chi connectivity index (χ3v) is 6.41. The zero-order chi connectivity index (χ0) is 26.0. The average Bonchev–Trinajstić information content (AvgIpc) is 2.88. The number of fused-ring (bicyclic) bond motifs is 1. The molecule has 0 fully saturated rings. The molecular weight excluding hydrogens is 505 g/mol. The fourth-order valence-corrected chi connectivity index (χ4v) is 4.54. The number of nitrogens with one attached hydrogen (secondary N) is 1. The van der Waals surface area contributed by atoms with Gasteiger partial charge in [-0.2, -0.15) is 4.98 Å². The summed E-state index contributed by atoms with van der Waals surface area (Å²) in [5, 5.41) is 3.50. The van der Waals surface area contributed by atoms with Crippen LogP contribution in [0.2, 0.25) is 10.0 Å². The van der Waals surface area contributed by atoms with Crippen LogP contribution in [0.1, 0.15) is 11.1 Å². The summed E-state index contributed by atoms with van der Waals surface area (Å²) < 4.78 is 10.7. The molecule has 0 radical (unpaired) electrons. The number of nitrogens with zero attached hydrogens (tertiary/aromatic N) is 4. The number of aromatic nitrogens is 2. The normalized spacial score (nSPS) is 12.8. The Morgan fingerprint density at radius 2 is 1.86 bits per heavy atom. The number of amides is 2. The van der Waals surface area contributed by atoms with Crippen molar-refractivity contribution in [1.82, 2.24) is 9.97 Å². The minimum Gasteiger partial charge on any atom is -0.495 e. The van der Waals surface area contributed by atoms with Crippen molar-refractivity contribution in [2.24, 2.45) is 0 Å². The molecule has 0 spiro atoms. The monoisotopic (exact) mass is 527 g/mol. The minimum absolute atomic E-state index is 0.104. The third-order valence-electron chi connectivity index (χ3n) is 5.68. The summed E-state index contributed by atoms with van der Waals surface area (Å²) in [6, 6.07) is 8.50. The number of ketones is 1. The maximum atomic E-state index is 13.4. The molecule has 3 aromatic rings. The molecular formula is C25H23Cl2N5O4. The van der Waals surface area contributed by atoms with Gasteiger partial charge in [0.2, 0.25) is 5.95 Å². The van der Waals surface area contributed by atoms with Gasteiger partial charge in [-0.1, -0.05) is 48.0 Å². The molecule has 0 aliphatic carbocycles. The highest BCUT2D eigenvalue weighted by Gasteiger charge is 2.35. The molecule has 2 aromatic carbocycles. The van der Waals surface area contributed by atoms with E-state index in [-0.39, 0.29) is 40.4 Å². The number of allylic oxidation sites excluding steroid dienone is 1. The second kappa shape index (κ2) is 10.4. The fourth-order valence-electron chi connectivity index (χ4n) is 3.83. The largest absolute Gasteiger partial charge is 0.495 e. The lowest BCUT2D eigenvalue weighted by Gasteiger charge is -2.35. The lowest BCUT2D eigenvalue weighted by Crippen LogP contribution is -2.46. The van der Waals surface area contributed by atoms with Crippen LogP contribution in [0.15, 0.2) is 49.2 Å². The predicted octanol–water partition coefficient (Wildman–Crippen LogP) is 5.42. The molecule has 0 bridgehead atoms. The Hall–Kier alpha value is -3.82. The third kappa shape index (κ3) is 4.67. The summed E-state index contributed by atoms with van der Waals surface area (Å²) in [6.45, 7) is 3.65. The Labute approximate surface area is 218 Å². The van der Waals surface area contributed by atoms with Crippen molar-refractivity contribution in [2.45, 2.75) is 13.0 Å². The van der Waals surface area contributed by atoms with E-state index in [2.05, 4.69) is 21.9 Å². The molecule has 0 atom stereocenters. The van der Waals surface area contributed by atoms with Crippen molar-refractivity contribution < 1.29 is 19.1 Å². The zero-order valence-corrected chi connectivity index (χ0v) is 21.4. The Kier molecular flexibility index (Phi) is 7.32. The van der Waals surface area contributed by atoms with Crippen molar-refractivity contribution in [3.8, 4) is 11.5 Å². The number of hydrogen-bond donors (Lipinski definition) is 1. The van der Waals surface area contributed by atoms with Crippen LogP contribution in [0.3, 0.4) is 0 Å². The number of carbonyl (C=O) groups excluding carboxylic acids is 2. The van der Waals surface area contributed by atoms with Crippen LogP contribution in [-0.2, 0) is 17.8 Å². The molecule has 0 unspecified atom stereocenters. The molecule has 36 heavy (non-hydrogen) atoms. The topological polar surface area (TPSA) is 96.9 Å². The van der Waals surface area contributed by atoms with Gasteiger partial charge in [-0.25, -0.2) is 9.78 Å². The number of para-hydroxylation sites is 1. The summed E-state index contributed by atoms with van der Waals surface area (Å²) in [6.07, 6.45) is 3.10. The highest BCUT2D eigenvalue weighted by atomic mass is 35.5. The minimum atomic E-state index is -0.400. The van der Waals surface area contributed by atoms with Gasteiger partial charge in [0.05, 0.1) is 26.5 Å². The average molecular weight is 528 g/mol. The van der Waals surface area contributed by atoms with Gasteiger partial charge in [-0.05, 0) is 17.7 Å². The number of methoxy groups -OCH3 is 2. The second-order valence-corrected chi connectivity index (χ2v) is 8.61. The van der Waals surface area contributed by atoms with Gasteiger partial charge in [0, 0.05) is 37.0 Å². The maximum Gasteiger partial charge on any atom is 0.330 e. The molecule has 11 heteroatoms. The smallest absolute Gasteiger partial charge is 0.330 e. The van der Waals surface area contributed by atoms with Crippen molar-refractivity contribution in [3.63, 3.8) is 0 Å². The molecule has 1 aliphatic heterocycles. The van der Waals surface area contributed by atoms with E-state index in [1.807, 2.05) is 24.3 Å². The summed E-state index contributed by atoms with van der Waals surface area (Å²) in [4.78, 5) is 37.1. The van der Waals surface area contributed by atoms with E-state index < -0.39 is 6.03 Å². The molecule has 4 rings (SSSR count). The van der Waals surface area contributed by atoms with E-state index >= 15 is 0 Å². The lowest BCUT2D eigenvalue weighted by molar-refractivity contribution is -0.114. The molecule has 9 nitrogen and oxygen atoms in total. The summed E-state index contributed by atoms with van der Waals surface area (Å²) >= 11 is 13.1. The molecule has 2 heterocycles. The number of rotatable bonds is 8. The first kappa shape index (κ1) is 25.3. The van der Waals surface area contributed by atoms with E-state index in [4.69, 9.17) is 32.7 Å². The number of benzene rings is 2. The standard InChI is InChI=1S/C25H23Cl2N5O4/c1-5-16(33)10-14-8-6-7-9-17(14)29-24-28-12-15-13-32(25(34)31(2)23(15)30-24)22-20(26)18(35-3)11-19(36-4)21(22)27/h5-9,11-12H,1,10,13H2,2-4H3,(H,28,29,30). The van der Waals surface area contributed by atoms with Crippen molar-refractivity contribution in [1.29, 1.82) is 0 Å². The molecule has 186 valence electrons. The van der Waals surface area contributed by atoms with Gasteiger partial charge < -0.3 is 14.8 Å². The first-order chi connectivity index (χ1) is 17.3.